The number of nitrogens with zero attached hydrogens (tertiary/aromatic N) is 4. The van der Waals surface area contributed by atoms with Gasteiger partial charge in [-0.1, -0.05) is 31.0 Å². The van der Waals surface area contributed by atoms with Crippen LogP contribution in [0.3, 0.4) is 0 Å². The van der Waals surface area contributed by atoms with Gasteiger partial charge in [0.25, 0.3) is 0 Å². The van der Waals surface area contributed by atoms with Crippen LogP contribution in [0.5, 0.6) is 0 Å². The molecule has 8 heteroatoms. The number of rotatable bonds is 6. The van der Waals surface area contributed by atoms with E-state index in [-0.39, 0.29) is 11.7 Å². The number of nitrogens with one attached hydrogen (secondary N) is 1. The summed E-state index contributed by atoms with van der Waals surface area (Å²) in [5, 5.41) is 9.62. The molecule has 140 valence electrons. The molecule has 0 aliphatic heterocycles. The number of nitrogens with two attached hydrogens (primary N) is 1. The highest BCUT2D eigenvalue weighted by Crippen LogP contribution is 2.35. The quantitative estimate of drug-likeness (QED) is 0.350. The summed E-state index contributed by atoms with van der Waals surface area (Å²) < 4.78 is 2.22. The molecule has 2 aromatic rings. The summed E-state index contributed by atoms with van der Waals surface area (Å²) in [6.07, 6.45) is 5.96. The second-order valence-corrected chi connectivity index (χ2v) is 7.71. The van der Waals surface area contributed by atoms with Gasteiger partial charge in [-0.25, -0.2) is 5.84 Å². The maximum absolute atomic E-state index is 11.5. The number of anilines is 1. The molecule has 0 spiro atoms. The molecule has 1 aliphatic carbocycles. The van der Waals surface area contributed by atoms with Crippen LogP contribution in [0.2, 0.25) is 0 Å². The Morgan fingerprint density at radius 1 is 1.23 bits per heavy atom. The third-order valence-electron chi connectivity index (χ3n) is 4.74. The first-order chi connectivity index (χ1) is 12.6. The molecule has 7 nitrogen and oxygen atoms in total. The van der Waals surface area contributed by atoms with E-state index in [4.69, 9.17) is 5.84 Å². The van der Waals surface area contributed by atoms with E-state index in [0.717, 1.165) is 35.1 Å². The van der Waals surface area contributed by atoms with E-state index in [2.05, 4.69) is 49.4 Å². The minimum Gasteiger partial charge on any atom is -0.378 e. The number of aromatic nitrogens is 3. The fourth-order valence-electron chi connectivity index (χ4n) is 3.32. The Hall–Kier alpha value is -2.06. The van der Waals surface area contributed by atoms with Gasteiger partial charge in [0.05, 0.1) is 5.75 Å². The first-order valence-electron chi connectivity index (χ1n) is 8.95. The van der Waals surface area contributed by atoms with Crippen molar-refractivity contribution >= 4 is 23.4 Å². The van der Waals surface area contributed by atoms with Crippen LogP contribution in [0.25, 0.3) is 11.4 Å². The van der Waals surface area contributed by atoms with Gasteiger partial charge in [-0.05, 0) is 37.1 Å². The van der Waals surface area contributed by atoms with Crippen LogP contribution < -0.4 is 16.2 Å². The van der Waals surface area contributed by atoms with E-state index in [1.54, 1.807) is 0 Å². The molecule has 1 heterocycles. The van der Waals surface area contributed by atoms with Crippen LogP contribution in [-0.4, -0.2) is 40.5 Å². The molecule has 1 saturated carbocycles. The first kappa shape index (κ1) is 18.7. The highest BCUT2D eigenvalue weighted by Gasteiger charge is 2.24. The van der Waals surface area contributed by atoms with Gasteiger partial charge >= 0.3 is 0 Å². The van der Waals surface area contributed by atoms with Crippen molar-refractivity contribution in [2.75, 3.05) is 24.7 Å². The Balaban J connectivity index is 1.92. The lowest BCUT2D eigenvalue weighted by Crippen LogP contribution is -2.31. The summed E-state index contributed by atoms with van der Waals surface area (Å²) in [7, 11) is 4.05. The van der Waals surface area contributed by atoms with Crippen LogP contribution in [0.1, 0.15) is 38.1 Å². The average Bonchev–Trinajstić information content (AvgIpc) is 3.10. The zero-order valence-electron chi connectivity index (χ0n) is 15.3. The maximum Gasteiger partial charge on any atom is 0.244 e. The maximum atomic E-state index is 11.5. The third kappa shape index (κ3) is 4.19. The summed E-state index contributed by atoms with van der Waals surface area (Å²) in [4.78, 5) is 13.6. The SMILES string of the molecule is CN(C)c1ccc(-c2nnc(SCC(=O)NN)n2C2CCCCC2)cc1. The zero-order chi connectivity index (χ0) is 18.5. The molecule has 26 heavy (non-hydrogen) atoms. The van der Waals surface area contributed by atoms with Gasteiger partial charge in [0.15, 0.2) is 11.0 Å². The molecule has 1 aromatic carbocycles. The number of hydrogen-bond acceptors (Lipinski definition) is 6. The lowest BCUT2D eigenvalue weighted by molar-refractivity contribution is -0.118. The van der Waals surface area contributed by atoms with Gasteiger partial charge in [-0.2, -0.15) is 0 Å². The lowest BCUT2D eigenvalue weighted by Gasteiger charge is -2.25. The number of carbonyl (C=O) groups excluding carboxylic acids is 1. The number of carbonyl (C=O) groups is 1. The van der Waals surface area contributed by atoms with Crippen molar-refractivity contribution in [2.45, 2.75) is 43.3 Å². The van der Waals surface area contributed by atoms with Crippen LogP contribution in [0, 0.1) is 0 Å². The standard InChI is InChI=1S/C18H26N6OS/c1-23(2)14-10-8-13(9-11-14)17-21-22-18(26-12-16(25)20-19)24(17)15-6-4-3-5-7-15/h8-11,15H,3-7,12,19H2,1-2H3,(H,20,25). The van der Waals surface area contributed by atoms with Crippen molar-refractivity contribution in [3.8, 4) is 11.4 Å². The largest absolute Gasteiger partial charge is 0.378 e. The molecular weight excluding hydrogens is 348 g/mol. The predicted octanol–water partition coefficient (Wildman–Crippen LogP) is 2.60. The Morgan fingerprint density at radius 3 is 2.54 bits per heavy atom. The first-order valence-corrected chi connectivity index (χ1v) is 9.93. The van der Waals surface area contributed by atoms with Gasteiger partial charge < -0.3 is 4.90 Å². The van der Waals surface area contributed by atoms with Crippen molar-refractivity contribution in [1.82, 2.24) is 20.2 Å². The van der Waals surface area contributed by atoms with E-state index in [1.807, 2.05) is 14.1 Å². The molecule has 1 aliphatic rings. The lowest BCUT2D eigenvalue weighted by atomic mass is 9.95. The molecule has 0 atom stereocenters. The van der Waals surface area contributed by atoms with Crippen molar-refractivity contribution < 1.29 is 4.79 Å². The number of hydrogen-bond donors (Lipinski definition) is 2. The number of benzene rings is 1. The van der Waals surface area contributed by atoms with Crippen molar-refractivity contribution in [2.24, 2.45) is 5.84 Å². The molecule has 3 rings (SSSR count). The monoisotopic (exact) mass is 374 g/mol. The molecule has 3 N–H and O–H groups in total. The third-order valence-corrected chi connectivity index (χ3v) is 5.68. The van der Waals surface area contributed by atoms with E-state index in [0.29, 0.717) is 6.04 Å². The minimum atomic E-state index is -0.218. The number of amides is 1. The van der Waals surface area contributed by atoms with Gasteiger partial charge in [-0.15, -0.1) is 10.2 Å². The van der Waals surface area contributed by atoms with Gasteiger partial charge in [0, 0.05) is 31.4 Å². The Morgan fingerprint density at radius 2 is 1.92 bits per heavy atom. The molecule has 0 bridgehead atoms. The van der Waals surface area contributed by atoms with Crippen LogP contribution in [-0.2, 0) is 4.79 Å². The topological polar surface area (TPSA) is 89.1 Å². The molecule has 1 aromatic heterocycles. The second-order valence-electron chi connectivity index (χ2n) is 6.77. The molecule has 1 amide bonds. The highest BCUT2D eigenvalue weighted by atomic mass is 32.2. The molecular formula is C18H26N6OS. The number of thioether (sulfide) groups is 1. The Bertz CT molecular complexity index is 737. The van der Waals surface area contributed by atoms with E-state index >= 15 is 0 Å². The van der Waals surface area contributed by atoms with Gasteiger partial charge in [0.2, 0.25) is 5.91 Å². The average molecular weight is 375 g/mol. The summed E-state index contributed by atoms with van der Waals surface area (Å²) in [6.45, 7) is 0. The normalized spacial score (nSPS) is 15.0. The van der Waals surface area contributed by atoms with Gasteiger partial charge in [-0.3, -0.25) is 14.8 Å². The zero-order valence-corrected chi connectivity index (χ0v) is 16.1. The number of hydrazine groups is 1. The van der Waals surface area contributed by atoms with Crippen molar-refractivity contribution in [3.63, 3.8) is 0 Å². The van der Waals surface area contributed by atoms with E-state index in [9.17, 15) is 4.79 Å². The molecule has 0 saturated heterocycles. The minimum absolute atomic E-state index is 0.218. The fraction of sp³-hybridized carbons (Fsp3) is 0.500. The Kier molecular flexibility index (Phi) is 6.16. The van der Waals surface area contributed by atoms with E-state index in [1.165, 1.54) is 31.0 Å². The summed E-state index contributed by atoms with van der Waals surface area (Å²) in [5.41, 5.74) is 4.36. The predicted molar refractivity (Wildman–Crippen MR) is 105 cm³/mol. The van der Waals surface area contributed by atoms with Crippen LogP contribution in [0.4, 0.5) is 5.69 Å². The smallest absolute Gasteiger partial charge is 0.244 e. The van der Waals surface area contributed by atoms with Crippen LogP contribution >= 0.6 is 11.8 Å². The van der Waals surface area contributed by atoms with E-state index < -0.39 is 0 Å². The second kappa shape index (κ2) is 8.55. The van der Waals surface area contributed by atoms with Crippen molar-refractivity contribution in [1.29, 1.82) is 0 Å². The fourth-order valence-corrected chi connectivity index (χ4v) is 4.14. The summed E-state index contributed by atoms with van der Waals surface area (Å²) in [6, 6.07) is 8.72. The van der Waals surface area contributed by atoms with Gasteiger partial charge in [0.1, 0.15) is 0 Å². The highest BCUT2D eigenvalue weighted by molar-refractivity contribution is 7.99. The summed E-state index contributed by atoms with van der Waals surface area (Å²) >= 11 is 1.39. The van der Waals surface area contributed by atoms with Crippen molar-refractivity contribution in [3.05, 3.63) is 24.3 Å². The summed E-state index contributed by atoms with van der Waals surface area (Å²) in [5.74, 6) is 6.08. The Labute approximate surface area is 158 Å². The molecule has 0 unspecified atom stereocenters. The molecule has 1 fully saturated rings. The van der Waals surface area contributed by atoms with Crippen LogP contribution in [0.15, 0.2) is 29.4 Å². The molecule has 0 radical (unpaired) electrons.